The maximum Gasteiger partial charge on any atom is 0.167 e. The Bertz CT molecular complexity index is 394. The Balaban J connectivity index is 2.22. The van der Waals surface area contributed by atoms with E-state index in [1.54, 1.807) is 13.2 Å². The van der Waals surface area contributed by atoms with E-state index in [0.717, 1.165) is 0 Å². The van der Waals surface area contributed by atoms with Gasteiger partial charge in [0.2, 0.25) is 0 Å². The molecule has 1 fully saturated rings. The highest BCUT2D eigenvalue weighted by Crippen LogP contribution is 2.33. The van der Waals surface area contributed by atoms with Crippen LogP contribution in [0.1, 0.15) is 30.1 Å². The Kier molecular flexibility index (Phi) is 3.13. The SMILES string of the molecule is COc1cccc(OCC2CC2)c1C(C)=O. The Hall–Kier alpha value is -1.51. The maximum absolute atomic E-state index is 11.5. The van der Waals surface area contributed by atoms with Crippen LogP contribution in [0.15, 0.2) is 18.2 Å². The number of ketones is 1. The van der Waals surface area contributed by atoms with Gasteiger partial charge in [-0.1, -0.05) is 6.07 Å². The average Bonchev–Trinajstić information content (AvgIpc) is 3.09. The molecule has 0 aromatic heterocycles. The van der Waals surface area contributed by atoms with Gasteiger partial charge in [-0.3, -0.25) is 4.79 Å². The van der Waals surface area contributed by atoms with Crippen LogP contribution < -0.4 is 9.47 Å². The van der Waals surface area contributed by atoms with Crippen LogP contribution in [0.5, 0.6) is 11.5 Å². The fourth-order valence-corrected chi connectivity index (χ4v) is 1.64. The van der Waals surface area contributed by atoms with Crippen LogP contribution in [0, 0.1) is 5.92 Å². The lowest BCUT2D eigenvalue weighted by molar-refractivity contribution is 0.101. The van der Waals surface area contributed by atoms with E-state index in [0.29, 0.717) is 29.6 Å². The molecule has 2 rings (SSSR count). The molecule has 0 N–H and O–H groups in total. The Morgan fingerprint density at radius 1 is 1.38 bits per heavy atom. The molecule has 1 aliphatic carbocycles. The number of rotatable bonds is 5. The number of ether oxygens (including phenoxy) is 2. The van der Waals surface area contributed by atoms with Gasteiger partial charge < -0.3 is 9.47 Å². The van der Waals surface area contributed by atoms with Crippen molar-refractivity contribution in [3.05, 3.63) is 23.8 Å². The van der Waals surface area contributed by atoms with Gasteiger partial charge in [0.05, 0.1) is 13.7 Å². The Morgan fingerprint density at radius 2 is 2.06 bits per heavy atom. The minimum absolute atomic E-state index is 0.0248. The summed E-state index contributed by atoms with van der Waals surface area (Å²) in [6.45, 7) is 2.23. The van der Waals surface area contributed by atoms with Crippen LogP contribution in [0.25, 0.3) is 0 Å². The van der Waals surface area contributed by atoms with E-state index in [4.69, 9.17) is 9.47 Å². The number of carbonyl (C=O) groups excluding carboxylic acids is 1. The summed E-state index contributed by atoms with van der Waals surface area (Å²) in [7, 11) is 1.56. The molecule has 0 heterocycles. The van der Waals surface area contributed by atoms with E-state index in [1.165, 1.54) is 19.8 Å². The van der Waals surface area contributed by atoms with Gasteiger partial charge in [0.25, 0.3) is 0 Å². The third kappa shape index (κ3) is 2.35. The smallest absolute Gasteiger partial charge is 0.167 e. The second-order valence-corrected chi connectivity index (χ2v) is 4.14. The summed E-state index contributed by atoms with van der Waals surface area (Å²) in [5, 5.41) is 0. The molecule has 3 nitrogen and oxygen atoms in total. The number of methoxy groups -OCH3 is 1. The van der Waals surface area contributed by atoms with Crippen molar-refractivity contribution in [3.63, 3.8) is 0 Å². The summed E-state index contributed by atoms with van der Waals surface area (Å²) in [5.41, 5.74) is 0.547. The van der Waals surface area contributed by atoms with E-state index in [-0.39, 0.29) is 5.78 Å². The first-order valence-electron chi connectivity index (χ1n) is 5.53. The normalized spacial score (nSPS) is 14.6. The summed E-state index contributed by atoms with van der Waals surface area (Å²) >= 11 is 0. The van der Waals surface area contributed by atoms with Crippen LogP contribution in [0.4, 0.5) is 0 Å². The van der Waals surface area contributed by atoms with E-state index in [9.17, 15) is 4.79 Å². The third-order valence-corrected chi connectivity index (χ3v) is 2.73. The Morgan fingerprint density at radius 3 is 2.62 bits per heavy atom. The van der Waals surface area contributed by atoms with Crippen LogP contribution >= 0.6 is 0 Å². The van der Waals surface area contributed by atoms with E-state index >= 15 is 0 Å². The number of benzene rings is 1. The van der Waals surface area contributed by atoms with Crippen molar-refractivity contribution < 1.29 is 14.3 Å². The predicted octanol–water partition coefficient (Wildman–Crippen LogP) is 2.69. The summed E-state index contributed by atoms with van der Waals surface area (Å²) in [4.78, 5) is 11.5. The van der Waals surface area contributed by atoms with Crippen molar-refractivity contribution in [2.75, 3.05) is 13.7 Å². The third-order valence-electron chi connectivity index (χ3n) is 2.73. The van der Waals surface area contributed by atoms with Crippen molar-refractivity contribution >= 4 is 5.78 Å². The molecule has 1 aliphatic rings. The molecule has 0 bridgehead atoms. The number of hydrogen-bond donors (Lipinski definition) is 0. The van der Waals surface area contributed by atoms with Gasteiger partial charge in [-0.05, 0) is 37.8 Å². The zero-order valence-electron chi connectivity index (χ0n) is 9.66. The van der Waals surface area contributed by atoms with Gasteiger partial charge in [-0.25, -0.2) is 0 Å². The highest BCUT2D eigenvalue weighted by Gasteiger charge is 2.23. The molecule has 16 heavy (non-hydrogen) atoms. The van der Waals surface area contributed by atoms with E-state index in [1.807, 2.05) is 12.1 Å². The molecule has 1 saturated carbocycles. The molecule has 0 radical (unpaired) electrons. The molecule has 0 aliphatic heterocycles. The number of Topliss-reactive ketones (excluding diaryl/α,β-unsaturated/α-hetero) is 1. The fraction of sp³-hybridized carbons (Fsp3) is 0.462. The predicted molar refractivity (Wildman–Crippen MR) is 61.2 cm³/mol. The molecule has 0 saturated heterocycles. The standard InChI is InChI=1S/C13H16O3/c1-9(14)13-11(15-2)4-3-5-12(13)16-8-10-6-7-10/h3-5,10H,6-8H2,1-2H3. The highest BCUT2D eigenvalue weighted by molar-refractivity contribution is 5.99. The maximum atomic E-state index is 11.5. The molecular formula is C13H16O3. The van der Waals surface area contributed by atoms with Crippen molar-refractivity contribution in [1.29, 1.82) is 0 Å². The lowest BCUT2D eigenvalue weighted by Gasteiger charge is -2.12. The summed E-state index contributed by atoms with van der Waals surface area (Å²) in [5.74, 6) is 1.87. The van der Waals surface area contributed by atoms with Crippen LogP contribution in [0.3, 0.4) is 0 Å². The lowest BCUT2D eigenvalue weighted by Crippen LogP contribution is -2.05. The molecule has 1 aromatic rings. The van der Waals surface area contributed by atoms with Crippen LogP contribution in [-0.4, -0.2) is 19.5 Å². The van der Waals surface area contributed by atoms with Gasteiger partial charge in [0.1, 0.15) is 17.1 Å². The first-order chi connectivity index (χ1) is 7.72. The van der Waals surface area contributed by atoms with Crippen molar-refractivity contribution in [2.24, 2.45) is 5.92 Å². The monoisotopic (exact) mass is 220 g/mol. The van der Waals surface area contributed by atoms with Gasteiger partial charge >= 0.3 is 0 Å². The van der Waals surface area contributed by atoms with Gasteiger partial charge in [-0.15, -0.1) is 0 Å². The zero-order chi connectivity index (χ0) is 11.5. The summed E-state index contributed by atoms with van der Waals surface area (Å²) < 4.78 is 10.8. The van der Waals surface area contributed by atoms with Gasteiger partial charge in [0, 0.05) is 0 Å². The molecule has 0 atom stereocenters. The molecule has 0 spiro atoms. The molecule has 1 aromatic carbocycles. The minimum Gasteiger partial charge on any atom is -0.496 e. The lowest BCUT2D eigenvalue weighted by atomic mass is 10.1. The topological polar surface area (TPSA) is 35.5 Å². The van der Waals surface area contributed by atoms with E-state index in [2.05, 4.69) is 0 Å². The largest absolute Gasteiger partial charge is 0.496 e. The first-order valence-corrected chi connectivity index (χ1v) is 5.53. The minimum atomic E-state index is -0.0248. The van der Waals surface area contributed by atoms with Gasteiger partial charge in [-0.2, -0.15) is 0 Å². The van der Waals surface area contributed by atoms with E-state index < -0.39 is 0 Å². The zero-order valence-corrected chi connectivity index (χ0v) is 9.66. The van der Waals surface area contributed by atoms with Crippen LogP contribution in [0.2, 0.25) is 0 Å². The molecule has 3 heteroatoms. The fourth-order valence-electron chi connectivity index (χ4n) is 1.64. The van der Waals surface area contributed by atoms with Crippen LogP contribution in [-0.2, 0) is 0 Å². The first kappa shape index (κ1) is 11.0. The summed E-state index contributed by atoms with van der Waals surface area (Å²) in [6.07, 6.45) is 2.47. The highest BCUT2D eigenvalue weighted by atomic mass is 16.5. The van der Waals surface area contributed by atoms with Crippen molar-refractivity contribution in [2.45, 2.75) is 19.8 Å². The quantitative estimate of drug-likeness (QED) is 0.716. The van der Waals surface area contributed by atoms with Gasteiger partial charge in [0.15, 0.2) is 5.78 Å². The second kappa shape index (κ2) is 4.56. The molecule has 0 amide bonds. The number of hydrogen-bond acceptors (Lipinski definition) is 3. The summed E-state index contributed by atoms with van der Waals surface area (Å²) in [6, 6.07) is 5.44. The Labute approximate surface area is 95.4 Å². The molecule has 86 valence electrons. The molecular weight excluding hydrogens is 204 g/mol. The van der Waals surface area contributed by atoms with Crippen molar-refractivity contribution in [1.82, 2.24) is 0 Å². The average molecular weight is 220 g/mol. The van der Waals surface area contributed by atoms with Crippen molar-refractivity contribution in [3.8, 4) is 11.5 Å². The molecule has 0 unspecified atom stereocenters. The second-order valence-electron chi connectivity index (χ2n) is 4.14. The number of carbonyl (C=O) groups is 1.